The molecule has 1 aromatic heterocycles. The number of aromatic nitrogens is 1. The van der Waals surface area contributed by atoms with E-state index in [4.69, 9.17) is 11.6 Å². The van der Waals surface area contributed by atoms with Crippen LogP contribution in [0.5, 0.6) is 0 Å². The molecule has 0 saturated carbocycles. The number of halogens is 1. The molecule has 1 aromatic rings. The Morgan fingerprint density at radius 2 is 2.33 bits per heavy atom. The number of thioether (sulfide) groups is 1. The SMILES string of the molecule is CC(C)CSc1cc(Cl)ccn1. The van der Waals surface area contributed by atoms with E-state index in [0.29, 0.717) is 5.92 Å². The third-order valence-corrected chi connectivity index (χ3v) is 2.85. The van der Waals surface area contributed by atoms with Crippen molar-refractivity contribution in [2.75, 3.05) is 5.75 Å². The number of pyridine rings is 1. The zero-order valence-corrected chi connectivity index (χ0v) is 8.82. The van der Waals surface area contributed by atoms with Crippen LogP contribution in [0.4, 0.5) is 0 Å². The molecule has 0 N–H and O–H groups in total. The summed E-state index contributed by atoms with van der Waals surface area (Å²) in [6.45, 7) is 4.38. The maximum Gasteiger partial charge on any atom is 0.0974 e. The van der Waals surface area contributed by atoms with Crippen LogP contribution >= 0.6 is 23.4 Å². The molecule has 0 saturated heterocycles. The Balaban J connectivity index is 2.52. The summed E-state index contributed by atoms with van der Waals surface area (Å²) < 4.78 is 0. The largest absolute Gasteiger partial charge is 0.250 e. The first-order valence-corrected chi connectivity index (χ1v) is 5.29. The second-order valence-corrected chi connectivity index (χ2v) is 4.49. The second kappa shape index (κ2) is 4.73. The van der Waals surface area contributed by atoms with Crippen LogP contribution in [0.25, 0.3) is 0 Å². The fourth-order valence-electron chi connectivity index (χ4n) is 0.716. The molecule has 12 heavy (non-hydrogen) atoms. The molecule has 1 nitrogen and oxygen atoms in total. The van der Waals surface area contributed by atoms with E-state index in [-0.39, 0.29) is 0 Å². The van der Waals surface area contributed by atoms with Gasteiger partial charge in [-0.3, -0.25) is 0 Å². The minimum absolute atomic E-state index is 0.691. The minimum atomic E-state index is 0.691. The maximum atomic E-state index is 5.81. The van der Waals surface area contributed by atoms with E-state index in [2.05, 4.69) is 18.8 Å². The van der Waals surface area contributed by atoms with Crippen molar-refractivity contribution in [1.82, 2.24) is 4.98 Å². The first-order chi connectivity index (χ1) is 5.68. The molecule has 66 valence electrons. The lowest BCUT2D eigenvalue weighted by Crippen LogP contribution is -1.90. The first-order valence-electron chi connectivity index (χ1n) is 3.93. The van der Waals surface area contributed by atoms with Crippen LogP contribution in [0.2, 0.25) is 5.02 Å². The Labute approximate surface area is 82.5 Å². The van der Waals surface area contributed by atoms with Crippen LogP contribution in [0.3, 0.4) is 0 Å². The molecule has 1 rings (SSSR count). The average Bonchev–Trinajstić information content (AvgIpc) is 2.01. The van der Waals surface area contributed by atoms with Gasteiger partial charge in [0.1, 0.15) is 0 Å². The van der Waals surface area contributed by atoms with Gasteiger partial charge in [-0.25, -0.2) is 4.98 Å². The topological polar surface area (TPSA) is 12.9 Å². The molecule has 0 amide bonds. The van der Waals surface area contributed by atoms with Gasteiger partial charge in [-0.1, -0.05) is 25.4 Å². The lowest BCUT2D eigenvalue weighted by Gasteiger charge is -2.02. The van der Waals surface area contributed by atoms with E-state index in [1.54, 1.807) is 24.0 Å². The van der Waals surface area contributed by atoms with Crippen molar-refractivity contribution in [2.24, 2.45) is 5.92 Å². The highest BCUT2D eigenvalue weighted by Gasteiger charge is 1.98. The van der Waals surface area contributed by atoms with E-state index in [9.17, 15) is 0 Å². The van der Waals surface area contributed by atoms with Gasteiger partial charge in [0.25, 0.3) is 0 Å². The molecule has 0 bridgehead atoms. The van der Waals surface area contributed by atoms with Crippen molar-refractivity contribution in [3.63, 3.8) is 0 Å². The number of hydrogen-bond donors (Lipinski definition) is 0. The summed E-state index contributed by atoms with van der Waals surface area (Å²) in [6, 6.07) is 3.69. The highest BCUT2D eigenvalue weighted by atomic mass is 35.5. The molecule has 0 spiro atoms. The van der Waals surface area contributed by atoms with Gasteiger partial charge in [0.05, 0.1) is 5.03 Å². The highest BCUT2D eigenvalue weighted by Crippen LogP contribution is 2.20. The van der Waals surface area contributed by atoms with Gasteiger partial charge in [0.2, 0.25) is 0 Å². The average molecular weight is 202 g/mol. The number of hydrogen-bond acceptors (Lipinski definition) is 2. The quantitative estimate of drug-likeness (QED) is 0.695. The summed E-state index contributed by atoms with van der Waals surface area (Å²) in [5.74, 6) is 1.78. The van der Waals surface area contributed by atoms with Crippen LogP contribution in [0.1, 0.15) is 13.8 Å². The van der Waals surface area contributed by atoms with Crippen LogP contribution in [0.15, 0.2) is 23.4 Å². The Morgan fingerprint density at radius 3 is 2.92 bits per heavy atom. The van der Waals surface area contributed by atoms with Crippen molar-refractivity contribution < 1.29 is 0 Å². The van der Waals surface area contributed by atoms with Gasteiger partial charge in [-0.05, 0) is 18.1 Å². The van der Waals surface area contributed by atoms with Crippen LogP contribution in [0, 0.1) is 5.92 Å². The Morgan fingerprint density at radius 1 is 1.58 bits per heavy atom. The third-order valence-electron chi connectivity index (χ3n) is 1.26. The van der Waals surface area contributed by atoms with Crippen LogP contribution in [-0.4, -0.2) is 10.7 Å². The minimum Gasteiger partial charge on any atom is -0.250 e. The molecule has 0 atom stereocenters. The van der Waals surface area contributed by atoms with E-state index < -0.39 is 0 Å². The van der Waals surface area contributed by atoms with Gasteiger partial charge in [-0.2, -0.15) is 0 Å². The standard InChI is InChI=1S/C9H12ClNS/c1-7(2)6-12-9-5-8(10)3-4-11-9/h3-5,7H,6H2,1-2H3. The monoisotopic (exact) mass is 201 g/mol. The van der Waals surface area contributed by atoms with Crippen molar-refractivity contribution in [2.45, 2.75) is 18.9 Å². The molecular formula is C9H12ClNS. The van der Waals surface area contributed by atoms with Crippen LogP contribution in [-0.2, 0) is 0 Å². The van der Waals surface area contributed by atoms with Gasteiger partial charge in [0.15, 0.2) is 0 Å². The van der Waals surface area contributed by atoms with E-state index in [1.807, 2.05) is 6.07 Å². The molecule has 0 aliphatic rings. The first kappa shape index (κ1) is 9.87. The van der Waals surface area contributed by atoms with E-state index in [1.165, 1.54) is 0 Å². The van der Waals surface area contributed by atoms with Gasteiger partial charge < -0.3 is 0 Å². The van der Waals surface area contributed by atoms with Gasteiger partial charge in [-0.15, -0.1) is 11.8 Å². The Bertz CT molecular complexity index is 250. The lowest BCUT2D eigenvalue weighted by atomic mass is 10.3. The van der Waals surface area contributed by atoms with Gasteiger partial charge in [0, 0.05) is 17.0 Å². The molecule has 3 heteroatoms. The molecule has 0 unspecified atom stereocenters. The fraction of sp³-hybridized carbons (Fsp3) is 0.444. The number of rotatable bonds is 3. The van der Waals surface area contributed by atoms with E-state index >= 15 is 0 Å². The van der Waals surface area contributed by atoms with Crippen molar-refractivity contribution in [3.05, 3.63) is 23.4 Å². The zero-order valence-electron chi connectivity index (χ0n) is 7.25. The lowest BCUT2D eigenvalue weighted by molar-refractivity contribution is 0.749. The molecule has 0 aliphatic carbocycles. The zero-order chi connectivity index (χ0) is 8.97. The van der Waals surface area contributed by atoms with Crippen molar-refractivity contribution in [1.29, 1.82) is 0 Å². The second-order valence-electron chi connectivity index (χ2n) is 3.02. The molecule has 0 aliphatic heterocycles. The maximum absolute atomic E-state index is 5.81. The van der Waals surface area contributed by atoms with Gasteiger partial charge >= 0.3 is 0 Å². The summed E-state index contributed by atoms with van der Waals surface area (Å²) in [7, 11) is 0. The third kappa shape index (κ3) is 3.46. The molecule has 0 fully saturated rings. The number of nitrogens with zero attached hydrogens (tertiary/aromatic N) is 1. The van der Waals surface area contributed by atoms with Crippen LogP contribution < -0.4 is 0 Å². The molecular weight excluding hydrogens is 190 g/mol. The normalized spacial score (nSPS) is 10.7. The molecule has 0 radical (unpaired) electrons. The Kier molecular flexibility index (Phi) is 3.89. The summed E-state index contributed by atoms with van der Waals surface area (Å²) in [5.41, 5.74) is 0. The molecule has 0 aromatic carbocycles. The predicted octanol–water partition coefficient (Wildman–Crippen LogP) is 3.48. The summed E-state index contributed by atoms with van der Waals surface area (Å²) in [5, 5.41) is 1.77. The van der Waals surface area contributed by atoms with Crippen molar-refractivity contribution >= 4 is 23.4 Å². The Hall–Kier alpha value is -0.210. The fourth-order valence-corrected chi connectivity index (χ4v) is 1.79. The summed E-state index contributed by atoms with van der Waals surface area (Å²) in [4.78, 5) is 4.19. The predicted molar refractivity (Wildman–Crippen MR) is 54.8 cm³/mol. The summed E-state index contributed by atoms with van der Waals surface area (Å²) in [6.07, 6.45) is 1.74. The smallest absolute Gasteiger partial charge is 0.0974 e. The summed E-state index contributed by atoms with van der Waals surface area (Å²) >= 11 is 7.55. The highest BCUT2D eigenvalue weighted by molar-refractivity contribution is 7.99. The van der Waals surface area contributed by atoms with E-state index in [0.717, 1.165) is 15.8 Å². The molecule has 1 heterocycles. The van der Waals surface area contributed by atoms with Crippen molar-refractivity contribution in [3.8, 4) is 0 Å².